The fourth-order valence-corrected chi connectivity index (χ4v) is 2.72. The van der Waals surface area contributed by atoms with Crippen molar-refractivity contribution in [2.75, 3.05) is 13.7 Å². The van der Waals surface area contributed by atoms with Crippen LogP contribution in [-0.4, -0.2) is 19.7 Å². The summed E-state index contributed by atoms with van der Waals surface area (Å²) < 4.78 is 48.4. The summed E-state index contributed by atoms with van der Waals surface area (Å²) >= 11 is 0. The zero-order valence-corrected chi connectivity index (χ0v) is 14.7. The first kappa shape index (κ1) is 19.8. The van der Waals surface area contributed by atoms with E-state index in [1.165, 1.54) is 12.1 Å². The van der Waals surface area contributed by atoms with Gasteiger partial charge in [-0.1, -0.05) is 24.3 Å². The zero-order chi connectivity index (χ0) is 19.2. The van der Waals surface area contributed by atoms with Crippen molar-refractivity contribution in [3.05, 3.63) is 65.2 Å². The van der Waals surface area contributed by atoms with Gasteiger partial charge < -0.3 is 9.47 Å². The summed E-state index contributed by atoms with van der Waals surface area (Å²) in [4.78, 5) is 11.9. The van der Waals surface area contributed by atoms with Crippen molar-refractivity contribution in [3.63, 3.8) is 0 Å². The smallest absolute Gasteiger partial charge is 0.416 e. The van der Waals surface area contributed by atoms with Crippen molar-refractivity contribution in [2.45, 2.75) is 31.9 Å². The van der Waals surface area contributed by atoms with Crippen molar-refractivity contribution >= 4 is 5.97 Å². The molecule has 0 saturated carbocycles. The molecule has 2 aromatic rings. The number of esters is 1. The zero-order valence-electron chi connectivity index (χ0n) is 14.7. The number of benzene rings is 2. The summed E-state index contributed by atoms with van der Waals surface area (Å²) in [6.45, 7) is 1.98. The second-order valence-corrected chi connectivity index (χ2v) is 5.88. The fraction of sp³-hybridized carbons (Fsp3) is 0.350. The minimum absolute atomic E-state index is 0.102. The van der Waals surface area contributed by atoms with Crippen molar-refractivity contribution in [1.29, 1.82) is 0 Å². The lowest BCUT2D eigenvalue weighted by Gasteiger charge is -2.18. The maximum absolute atomic E-state index is 12.8. The molecule has 2 aromatic carbocycles. The van der Waals surface area contributed by atoms with Crippen LogP contribution in [0.1, 0.15) is 36.0 Å². The van der Waals surface area contributed by atoms with Crippen molar-refractivity contribution in [3.8, 4) is 5.75 Å². The van der Waals surface area contributed by atoms with Gasteiger partial charge in [0.15, 0.2) is 0 Å². The number of alkyl halides is 3. The predicted molar refractivity (Wildman–Crippen MR) is 92.1 cm³/mol. The molecule has 1 unspecified atom stereocenters. The Bertz CT molecular complexity index is 707. The molecule has 0 aliphatic rings. The molecule has 3 nitrogen and oxygen atoms in total. The monoisotopic (exact) mass is 366 g/mol. The molecule has 0 fully saturated rings. The first-order valence-electron chi connectivity index (χ1n) is 8.29. The van der Waals surface area contributed by atoms with Gasteiger partial charge in [-0.3, -0.25) is 4.79 Å². The van der Waals surface area contributed by atoms with Crippen LogP contribution in [0.5, 0.6) is 5.75 Å². The highest BCUT2D eigenvalue weighted by Crippen LogP contribution is 2.32. The van der Waals surface area contributed by atoms with Gasteiger partial charge in [0.2, 0.25) is 0 Å². The molecule has 0 N–H and O–H groups in total. The van der Waals surface area contributed by atoms with Gasteiger partial charge in [0.25, 0.3) is 0 Å². The fourth-order valence-electron chi connectivity index (χ4n) is 2.72. The molecule has 1 atom stereocenters. The Morgan fingerprint density at radius 2 is 1.65 bits per heavy atom. The Labute approximate surface area is 150 Å². The molecule has 0 aliphatic heterocycles. The summed E-state index contributed by atoms with van der Waals surface area (Å²) in [7, 11) is 1.57. The number of hydrogen-bond acceptors (Lipinski definition) is 3. The van der Waals surface area contributed by atoms with E-state index in [1.807, 2.05) is 24.3 Å². The number of rotatable bonds is 7. The topological polar surface area (TPSA) is 35.5 Å². The highest BCUT2D eigenvalue weighted by molar-refractivity contribution is 5.70. The largest absolute Gasteiger partial charge is 0.497 e. The third kappa shape index (κ3) is 5.51. The lowest BCUT2D eigenvalue weighted by atomic mass is 9.88. The number of methoxy groups -OCH3 is 1. The average molecular weight is 366 g/mol. The van der Waals surface area contributed by atoms with Gasteiger partial charge in [-0.2, -0.15) is 13.2 Å². The minimum atomic E-state index is -4.38. The van der Waals surface area contributed by atoms with Gasteiger partial charge in [0, 0.05) is 0 Å². The van der Waals surface area contributed by atoms with Crippen molar-refractivity contribution < 1.29 is 27.4 Å². The maximum Gasteiger partial charge on any atom is 0.416 e. The van der Waals surface area contributed by atoms with Gasteiger partial charge in [0.05, 0.1) is 25.7 Å². The molecule has 0 spiro atoms. The van der Waals surface area contributed by atoms with Crippen LogP contribution < -0.4 is 4.74 Å². The van der Waals surface area contributed by atoms with Crippen LogP contribution in [0, 0.1) is 0 Å². The maximum atomic E-state index is 12.8. The van der Waals surface area contributed by atoms with Gasteiger partial charge >= 0.3 is 12.1 Å². The SMILES string of the molecule is CCOC(=O)CC(Cc1ccc(OC)cc1)c1ccc(C(F)(F)F)cc1. The van der Waals surface area contributed by atoms with E-state index in [4.69, 9.17) is 9.47 Å². The van der Waals surface area contributed by atoms with E-state index in [0.29, 0.717) is 17.7 Å². The number of carbonyl (C=O) groups excluding carboxylic acids is 1. The third-order valence-electron chi connectivity index (χ3n) is 4.07. The minimum Gasteiger partial charge on any atom is -0.497 e. The molecular formula is C20H21F3O3. The normalized spacial score (nSPS) is 12.5. The Hall–Kier alpha value is -2.50. The number of hydrogen-bond donors (Lipinski definition) is 0. The quantitative estimate of drug-likeness (QED) is 0.648. The summed E-state index contributed by atoms with van der Waals surface area (Å²) in [6, 6.07) is 12.3. The molecule has 0 heterocycles. The summed E-state index contributed by atoms with van der Waals surface area (Å²) in [5.41, 5.74) is 0.919. The van der Waals surface area contributed by atoms with Crippen LogP contribution in [-0.2, 0) is 22.1 Å². The Morgan fingerprint density at radius 3 is 2.15 bits per heavy atom. The van der Waals surface area contributed by atoms with Gasteiger partial charge in [-0.05, 0) is 54.7 Å². The highest BCUT2D eigenvalue weighted by atomic mass is 19.4. The molecule has 140 valence electrons. The van der Waals surface area contributed by atoms with E-state index in [9.17, 15) is 18.0 Å². The lowest BCUT2D eigenvalue weighted by molar-refractivity contribution is -0.143. The van der Waals surface area contributed by atoms with Crippen LogP contribution in [0.4, 0.5) is 13.2 Å². The van der Waals surface area contributed by atoms with E-state index in [2.05, 4.69) is 0 Å². The molecule has 0 saturated heterocycles. The van der Waals surface area contributed by atoms with E-state index in [1.54, 1.807) is 14.0 Å². The van der Waals surface area contributed by atoms with E-state index >= 15 is 0 Å². The molecular weight excluding hydrogens is 345 g/mol. The molecule has 2 rings (SSSR count). The number of carbonyl (C=O) groups is 1. The van der Waals surface area contributed by atoms with Crippen LogP contribution in [0.25, 0.3) is 0 Å². The molecule has 0 amide bonds. The standard InChI is InChI=1S/C20H21F3O3/c1-3-26-19(24)13-16(12-14-4-10-18(25-2)11-5-14)15-6-8-17(9-7-15)20(21,22)23/h4-11,16H,3,12-13H2,1-2H3. The number of ether oxygens (including phenoxy) is 2. The third-order valence-corrected chi connectivity index (χ3v) is 4.07. The molecule has 0 aliphatic carbocycles. The van der Waals surface area contributed by atoms with E-state index in [-0.39, 0.29) is 24.9 Å². The van der Waals surface area contributed by atoms with Crippen LogP contribution in [0.3, 0.4) is 0 Å². The summed E-state index contributed by atoms with van der Waals surface area (Å²) in [5, 5.41) is 0. The molecule has 26 heavy (non-hydrogen) atoms. The summed E-state index contributed by atoms with van der Waals surface area (Å²) in [5.74, 6) is 0.0702. The van der Waals surface area contributed by atoms with Crippen LogP contribution in [0.2, 0.25) is 0 Å². The second-order valence-electron chi connectivity index (χ2n) is 5.88. The lowest BCUT2D eigenvalue weighted by Crippen LogP contribution is -2.13. The highest BCUT2D eigenvalue weighted by Gasteiger charge is 2.30. The summed E-state index contributed by atoms with van der Waals surface area (Å²) in [6.07, 6.45) is -3.77. The van der Waals surface area contributed by atoms with E-state index < -0.39 is 11.7 Å². The Morgan fingerprint density at radius 1 is 1.04 bits per heavy atom. The molecule has 0 radical (unpaired) electrons. The van der Waals surface area contributed by atoms with Crippen molar-refractivity contribution in [2.24, 2.45) is 0 Å². The average Bonchev–Trinajstić information content (AvgIpc) is 2.61. The van der Waals surface area contributed by atoms with Crippen LogP contribution >= 0.6 is 0 Å². The Kier molecular flexibility index (Phi) is 6.66. The predicted octanol–water partition coefficient (Wildman–Crippen LogP) is 4.99. The Balaban J connectivity index is 2.23. The van der Waals surface area contributed by atoms with Gasteiger partial charge in [-0.15, -0.1) is 0 Å². The van der Waals surface area contributed by atoms with Crippen molar-refractivity contribution in [1.82, 2.24) is 0 Å². The molecule has 6 heteroatoms. The second kappa shape index (κ2) is 8.74. The molecule has 0 bridgehead atoms. The molecule has 0 aromatic heterocycles. The van der Waals surface area contributed by atoms with Gasteiger partial charge in [-0.25, -0.2) is 0 Å². The van der Waals surface area contributed by atoms with Gasteiger partial charge in [0.1, 0.15) is 5.75 Å². The van der Waals surface area contributed by atoms with Crippen LogP contribution in [0.15, 0.2) is 48.5 Å². The van der Waals surface area contributed by atoms with E-state index in [0.717, 1.165) is 17.7 Å². The number of halogens is 3. The first-order valence-corrected chi connectivity index (χ1v) is 8.29. The first-order chi connectivity index (χ1) is 12.3.